The van der Waals surface area contributed by atoms with Crippen molar-refractivity contribution >= 4 is 5.57 Å². The van der Waals surface area contributed by atoms with Crippen LogP contribution < -0.4 is 0 Å². The molecule has 0 fully saturated rings. The zero-order chi connectivity index (χ0) is 34.6. The Labute approximate surface area is 295 Å². The summed E-state index contributed by atoms with van der Waals surface area (Å²) < 4.78 is 0. The molecule has 1 aromatic heterocycles. The second-order valence-corrected chi connectivity index (χ2v) is 14.3. The highest BCUT2D eigenvalue weighted by Gasteiger charge is 2.40. The van der Waals surface area contributed by atoms with Gasteiger partial charge < -0.3 is 0 Å². The number of rotatable bonds is 4. The smallest absolute Gasteiger partial charge is 0.164 e. The van der Waals surface area contributed by atoms with E-state index >= 15 is 0 Å². The van der Waals surface area contributed by atoms with Crippen LogP contribution in [0.4, 0.5) is 0 Å². The Bertz CT molecular complexity index is 2340. The topological polar surface area (TPSA) is 38.7 Å². The van der Waals surface area contributed by atoms with Gasteiger partial charge in [0.25, 0.3) is 0 Å². The van der Waals surface area contributed by atoms with E-state index in [9.17, 15) is 0 Å². The Hall–Kier alpha value is -5.67. The summed E-state index contributed by atoms with van der Waals surface area (Å²) in [5, 5.41) is 0. The first-order valence-electron chi connectivity index (χ1n) is 17.5. The predicted molar refractivity (Wildman–Crippen MR) is 209 cm³/mol. The highest BCUT2D eigenvalue weighted by Crippen LogP contribution is 2.53. The number of nitrogens with zero attached hydrogens (tertiary/aromatic N) is 3. The third-order valence-corrected chi connectivity index (χ3v) is 10.8. The minimum absolute atomic E-state index is 0.0698. The molecule has 0 saturated heterocycles. The fourth-order valence-corrected chi connectivity index (χ4v) is 8.33. The molecule has 0 N–H and O–H groups in total. The lowest BCUT2D eigenvalue weighted by atomic mass is 9.80. The Morgan fingerprint density at radius 2 is 1.04 bits per heavy atom. The van der Waals surface area contributed by atoms with Crippen LogP contribution in [-0.4, -0.2) is 15.0 Å². The summed E-state index contributed by atoms with van der Waals surface area (Å²) in [7, 11) is 0. The van der Waals surface area contributed by atoms with Crippen molar-refractivity contribution in [3.63, 3.8) is 0 Å². The maximum atomic E-state index is 5.28. The third kappa shape index (κ3) is 4.91. The van der Waals surface area contributed by atoms with Crippen molar-refractivity contribution in [1.82, 2.24) is 15.0 Å². The largest absolute Gasteiger partial charge is 0.208 e. The first-order valence-corrected chi connectivity index (χ1v) is 17.5. The number of aromatic nitrogens is 3. The van der Waals surface area contributed by atoms with Crippen LogP contribution in [0.5, 0.6) is 0 Å². The first kappa shape index (κ1) is 31.6. The van der Waals surface area contributed by atoms with Gasteiger partial charge in [0.05, 0.1) is 0 Å². The highest BCUT2D eigenvalue weighted by atomic mass is 15.0. The molecule has 3 heteroatoms. The molecule has 244 valence electrons. The van der Waals surface area contributed by atoms with Crippen LogP contribution in [0.1, 0.15) is 62.8 Å². The van der Waals surface area contributed by atoms with Gasteiger partial charge in [-0.1, -0.05) is 149 Å². The zero-order valence-corrected chi connectivity index (χ0v) is 29.3. The molecule has 0 atom stereocenters. The van der Waals surface area contributed by atoms with Crippen LogP contribution in [-0.2, 0) is 10.8 Å². The van der Waals surface area contributed by atoms with Gasteiger partial charge in [-0.25, -0.2) is 15.0 Å². The van der Waals surface area contributed by atoms with Gasteiger partial charge in [-0.05, 0) is 74.6 Å². The molecule has 6 aromatic rings. The summed E-state index contributed by atoms with van der Waals surface area (Å²) in [4.78, 5) is 15.7. The van der Waals surface area contributed by atoms with Crippen molar-refractivity contribution in [2.45, 2.75) is 51.4 Å². The van der Waals surface area contributed by atoms with Crippen LogP contribution >= 0.6 is 0 Å². The fourth-order valence-electron chi connectivity index (χ4n) is 8.33. The molecule has 0 radical (unpaired) electrons. The van der Waals surface area contributed by atoms with Gasteiger partial charge in [-0.2, -0.15) is 0 Å². The number of hydrogen-bond donors (Lipinski definition) is 0. The number of hydrogen-bond acceptors (Lipinski definition) is 3. The summed E-state index contributed by atoms with van der Waals surface area (Å²) in [6.07, 6.45) is 7.05. The summed E-state index contributed by atoms with van der Waals surface area (Å²) in [5.74, 6) is 2.09. The molecule has 3 aliphatic rings. The second kappa shape index (κ2) is 12.0. The van der Waals surface area contributed by atoms with Gasteiger partial charge in [0.1, 0.15) is 0 Å². The molecular weight excluding hydrogens is 607 g/mol. The lowest BCUT2D eigenvalue weighted by molar-refractivity contribution is 0.654. The van der Waals surface area contributed by atoms with Crippen molar-refractivity contribution in [2.75, 3.05) is 0 Å². The molecule has 0 amide bonds. The molecule has 0 spiro atoms. The number of allylic oxidation sites excluding steroid dienone is 4. The monoisotopic (exact) mass is 647 g/mol. The van der Waals surface area contributed by atoms with Crippen LogP contribution in [0.25, 0.3) is 62.0 Å². The van der Waals surface area contributed by atoms with Gasteiger partial charge >= 0.3 is 0 Å². The quantitative estimate of drug-likeness (QED) is 0.179. The fraction of sp³-hybridized carbons (Fsp3) is 0.170. The molecule has 0 aliphatic heterocycles. The predicted octanol–water partition coefficient (Wildman–Crippen LogP) is 12.0. The van der Waals surface area contributed by atoms with Crippen LogP contribution in [0.3, 0.4) is 0 Å². The highest BCUT2D eigenvalue weighted by molar-refractivity contribution is 5.91. The van der Waals surface area contributed by atoms with Gasteiger partial charge in [0, 0.05) is 27.5 Å². The molecule has 0 saturated carbocycles. The van der Waals surface area contributed by atoms with Gasteiger partial charge in [-0.3, -0.25) is 0 Å². The van der Waals surface area contributed by atoms with Crippen molar-refractivity contribution in [1.29, 1.82) is 0 Å². The van der Waals surface area contributed by atoms with Crippen molar-refractivity contribution in [2.24, 2.45) is 0 Å². The van der Waals surface area contributed by atoms with E-state index in [0.29, 0.717) is 17.5 Å². The van der Waals surface area contributed by atoms with Crippen molar-refractivity contribution in [3.8, 4) is 56.4 Å². The average molecular weight is 648 g/mol. The maximum Gasteiger partial charge on any atom is 0.164 e. The Morgan fingerprint density at radius 3 is 1.82 bits per heavy atom. The summed E-state index contributed by atoms with van der Waals surface area (Å²) >= 11 is 0. The molecule has 3 aliphatic carbocycles. The molecule has 5 aromatic carbocycles. The van der Waals surface area contributed by atoms with Gasteiger partial charge in [0.2, 0.25) is 0 Å². The lowest BCUT2D eigenvalue weighted by Crippen LogP contribution is -2.17. The zero-order valence-electron chi connectivity index (χ0n) is 29.3. The summed E-state index contributed by atoms with van der Waals surface area (Å²) in [6, 6.07) is 41.2. The second-order valence-electron chi connectivity index (χ2n) is 14.3. The van der Waals surface area contributed by atoms with Crippen LogP contribution in [0.15, 0.2) is 146 Å². The molecular formula is C47H41N3. The minimum Gasteiger partial charge on any atom is -0.208 e. The van der Waals surface area contributed by atoms with Crippen LogP contribution in [0, 0.1) is 0 Å². The van der Waals surface area contributed by atoms with E-state index in [-0.39, 0.29) is 10.8 Å². The third-order valence-electron chi connectivity index (χ3n) is 10.8. The maximum absolute atomic E-state index is 5.28. The Kier molecular flexibility index (Phi) is 7.60. The average Bonchev–Trinajstić information content (AvgIpc) is 3.55. The van der Waals surface area contributed by atoms with Gasteiger partial charge in [-0.15, -0.1) is 13.2 Å². The summed E-state index contributed by atoms with van der Waals surface area (Å²) in [6.45, 7) is 15.3. The SMILES string of the molecule is C=C.CC1(C)C2=CCCC=C2c2ccc(-c3nc(-c4ccc(-c5ccccc5)cc4)nc(-c4cccc5c4C(C)(C)c4ccccc4-5)n3)cc21. The minimum atomic E-state index is -0.192. The van der Waals surface area contributed by atoms with E-state index in [1.165, 1.54) is 55.7 Å². The number of benzene rings is 5. The lowest BCUT2D eigenvalue weighted by Gasteiger charge is -2.24. The summed E-state index contributed by atoms with van der Waals surface area (Å²) in [5.41, 5.74) is 15.8. The Morgan fingerprint density at radius 1 is 0.460 bits per heavy atom. The molecule has 1 heterocycles. The normalized spacial score (nSPS) is 15.8. The molecule has 9 rings (SSSR count). The number of fused-ring (bicyclic) bond motifs is 6. The van der Waals surface area contributed by atoms with E-state index in [1.807, 2.05) is 6.07 Å². The van der Waals surface area contributed by atoms with E-state index in [4.69, 9.17) is 15.0 Å². The van der Waals surface area contributed by atoms with E-state index in [1.54, 1.807) is 0 Å². The molecule has 0 bridgehead atoms. The van der Waals surface area contributed by atoms with Crippen LogP contribution in [0.2, 0.25) is 0 Å². The molecule has 3 nitrogen and oxygen atoms in total. The standard InChI is InChI=1S/C45H37N3.C2H4/c1-44(2)37-19-10-8-15-32(37)34-26-25-31(27-39(34)44)42-46-41(30-23-21-29(22-24-30)28-13-6-5-7-14-28)47-43(48-42)36-18-12-17-35-33-16-9-11-20-38(33)45(3,4)40(35)36;1-2/h5-7,9,11-27H,8,10H2,1-4H3;1-2H2. The van der Waals surface area contributed by atoms with E-state index in [2.05, 4.69) is 162 Å². The first-order chi connectivity index (χ1) is 24.3. The molecule has 0 unspecified atom stereocenters. The van der Waals surface area contributed by atoms with E-state index < -0.39 is 0 Å². The molecule has 50 heavy (non-hydrogen) atoms. The van der Waals surface area contributed by atoms with Crippen molar-refractivity contribution in [3.05, 3.63) is 168 Å². The Balaban J connectivity index is 0.00000177. The van der Waals surface area contributed by atoms with E-state index in [0.717, 1.165) is 29.5 Å². The van der Waals surface area contributed by atoms with Crippen molar-refractivity contribution < 1.29 is 0 Å². The van der Waals surface area contributed by atoms with Gasteiger partial charge in [0.15, 0.2) is 17.5 Å².